The third-order valence-corrected chi connectivity index (χ3v) is 4.96. The average molecular weight is 332 g/mol. The van der Waals surface area contributed by atoms with E-state index in [9.17, 15) is 0 Å². The Hall–Kier alpha value is -2.08. The highest BCUT2D eigenvalue weighted by molar-refractivity contribution is 6.83. The Morgan fingerprint density at radius 2 is 1.58 bits per heavy atom. The van der Waals surface area contributed by atoms with Crippen LogP contribution in [0.25, 0.3) is 6.08 Å². The molecule has 0 bridgehead atoms. The third-order valence-electron chi connectivity index (χ3n) is 4.06. The number of rotatable bonds is 4. The molecular formula is C22H25NSi. The SMILES string of the molecule is C[Si](C)(C)C#CC1C(/C=C/c2ccccc2)N1Cc1ccccc1. The fourth-order valence-electron chi connectivity index (χ4n) is 2.74. The Labute approximate surface area is 147 Å². The smallest absolute Gasteiger partial charge is 0.129 e. The van der Waals surface area contributed by atoms with E-state index in [2.05, 4.69) is 109 Å². The minimum atomic E-state index is -1.33. The van der Waals surface area contributed by atoms with Gasteiger partial charge in [-0.15, -0.1) is 5.54 Å². The second-order valence-corrected chi connectivity index (χ2v) is 12.1. The van der Waals surface area contributed by atoms with E-state index in [-0.39, 0.29) is 0 Å². The van der Waals surface area contributed by atoms with Crippen molar-refractivity contribution in [1.29, 1.82) is 0 Å². The molecule has 0 N–H and O–H groups in total. The summed E-state index contributed by atoms with van der Waals surface area (Å²) in [6, 6.07) is 22.0. The summed E-state index contributed by atoms with van der Waals surface area (Å²) in [6.07, 6.45) is 4.53. The molecule has 0 saturated carbocycles. The van der Waals surface area contributed by atoms with Crippen LogP contribution in [0.4, 0.5) is 0 Å². The Morgan fingerprint density at radius 3 is 2.21 bits per heavy atom. The molecule has 3 atom stereocenters. The molecule has 1 saturated heterocycles. The topological polar surface area (TPSA) is 3.01 Å². The van der Waals surface area contributed by atoms with E-state index in [0.29, 0.717) is 12.1 Å². The highest BCUT2D eigenvalue weighted by Crippen LogP contribution is 2.32. The van der Waals surface area contributed by atoms with Gasteiger partial charge in [0.25, 0.3) is 0 Å². The van der Waals surface area contributed by atoms with Crippen LogP contribution in [0.3, 0.4) is 0 Å². The standard InChI is InChI=1S/C22H25NSi/c1-24(2,3)17-16-22-21(15-14-19-10-6-4-7-11-19)23(22)18-20-12-8-5-9-13-20/h4-15,21-22H,18H2,1-3H3/b15-14+. The van der Waals surface area contributed by atoms with Crippen LogP contribution >= 0.6 is 0 Å². The maximum absolute atomic E-state index is 3.54. The fraction of sp³-hybridized carbons (Fsp3) is 0.273. The van der Waals surface area contributed by atoms with Crippen molar-refractivity contribution in [2.75, 3.05) is 0 Å². The summed E-state index contributed by atoms with van der Waals surface area (Å²) < 4.78 is 0. The number of hydrogen-bond donors (Lipinski definition) is 0. The van der Waals surface area contributed by atoms with Crippen LogP contribution in [0.1, 0.15) is 11.1 Å². The van der Waals surface area contributed by atoms with E-state index in [0.717, 1.165) is 6.54 Å². The maximum atomic E-state index is 3.54. The monoisotopic (exact) mass is 331 g/mol. The van der Waals surface area contributed by atoms with Gasteiger partial charge in [-0.25, -0.2) is 0 Å². The maximum Gasteiger partial charge on any atom is 0.129 e. The van der Waals surface area contributed by atoms with Crippen LogP contribution in [0.2, 0.25) is 19.6 Å². The zero-order chi connectivity index (χ0) is 17.0. The summed E-state index contributed by atoms with van der Waals surface area (Å²) in [5.74, 6) is 3.54. The van der Waals surface area contributed by atoms with E-state index >= 15 is 0 Å². The van der Waals surface area contributed by atoms with Crippen molar-refractivity contribution in [3.63, 3.8) is 0 Å². The van der Waals surface area contributed by atoms with Crippen LogP contribution in [-0.4, -0.2) is 25.1 Å². The van der Waals surface area contributed by atoms with E-state index in [1.165, 1.54) is 11.1 Å². The first-order valence-electron chi connectivity index (χ1n) is 8.58. The first-order valence-corrected chi connectivity index (χ1v) is 12.1. The summed E-state index contributed by atoms with van der Waals surface area (Å²) in [5, 5.41) is 0. The number of nitrogens with zero attached hydrogens (tertiary/aromatic N) is 1. The number of benzene rings is 2. The molecule has 2 aromatic rings. The van der Waals surface area contributed by atoms with Crippen LogP contribution in [0, 0.1) is 11.5 Å². The normalized spacial score (nSPS) is 22.9. The fourth-order valence-corrected chi connectivity index (χ4v) is 3.32. The van der Waals surface area contributed by atoms with Crippen LogP contribution < -0.4 is 0 Å². The molecule has 0 spiro atoms. The quantitative estimate of drug-likeness (QED) is 0.440. The first kappa shape index (κ1) is 16.8. The number of hydrogen-bond acceptors (Lipinski definition) is 1. The molecule has 1 aliphatic heterocycles. The molecule has 0 aliphatic carbocycles. The summed E-state index contributed by atoms with van der Waals surface area (Å²) in [6.45, 7) is 7.88. The van der Waals surface area contributed by atoms with Crippen molar-refractivity contribution >= 4 is 14.1 Å². The molecule has 122 valence electrons. The van der Waals surface area contributed by atoms with E-state index in [4.69, 9.17) is 0 Å². The molecule has 0 aromatic heterocycles. The van der Waals surface area contributed by atoms with Crippen molar-refractivity contribution in [3.8, 4) is 11.5 Å². The molecule has 1 aliphatic rings. The molecule has 0 radical (unpaired) electrons. The average Bonchev–Trinajstić information content (AvgIpc) is 3.23. The second-order valence-electron chi connectivity index (χ2n) is 7.38. The predicted octanol–water partition coefficient (Wildman–Crippen LogP) is 4.83. The lowest BCUT2D eigenvalue weighted by molar-refractivity contribution is 0.512. The Bertz CT molecular complexity index is 747. The summed E-state index contributed by atoms with van der Waals surface area (Å²) >= 11 is 0. The summed E-state index contributed by atoms with van der Waals surface area (Å²) in [7, 11) is -1.33. The van der Waals surface area contributed by atoms with E-state index < -0.39 is 8.07 Å². The van der Waals surface area contributed by atoms with Gasteiger partial charge in [-0.3, -0.25) is 4.90 Å². The van der Waals surface area contributed by atoms with Crippen molar-refractivity contribution in [1.82, 2.24) is 4.90 Å². The zero-order valence-electron chi connectivity index (χ0n) is 14.7. The Balaban J connectivity index is 1.73. The molecule has 2 heteroatoms. The lowest BCUT2D eigenvalue weighted by Gasteiger charge is -2.04. The third kappa shape index (κ3) is 4.71. The van der Waals surface area contributed by atoms with Gasteiger partial charge < -0.3 is 0 Å². The molecule has 24 heavy (non-hydrogen) atoms. The van der Waals surface area contributed by atoms with Gasteiger partial charge >= 0.3 is 0 Å². The van der Waals surface area contributed by atoms with Gasteiger partial charge in [-0.05, 0) is 11.1 Å². The minimum Gasteiger partial charge on any atom is -0.275 e. The minimum absolute atomic E-state index is 0.358. The highest BCUT2D eigenvalue weighted by atomic mass is 28.3. The van der Waals surface area contributed by atoms with Crippen LogP contribution in [0.15, 0.2) is 66.7 Å². The van der Waals surface area contributed by atoms with Crippen molar-refractivity contribution < 1.29 is 0 Å². The van der Waals surface area contributed by atoms with Crippen molar-refractivity contribution in [2.45, 2.75) is 38.3 Å². The molecule has 1 fully saturated rings. The lowest BCUT2D eigenvalue weighted by Crippen LogP contribution is -2.17. The van der Waals surface area contributed by atoms with Gasteiger partial charge in [0.1, 0.15) is 8.07 Å². The molecule has 3 unspecified atom stereocenters. The van der Waals surface area contributed by atoms with Gasteiger partial charge in [-0.2, -0.15) is 0 Å². The molecule has 3 rings (SSSR count). The molecular weight excluding hydrogens is 306 g/mol. The van der Waals surface area contributed by atoms with Gasteiger partial charge in [0.05, 0.1) is 12.1 Å². The highest BCUT2D eigenvalue weighted by Gasteiger charge is 2.44. The Morgan fingerprint density at radius 1 is 0.958 bits per heavy atom. The summed E-state index contributed by atoms with van der Waals surface area (Å²) in [4.78, 5) is 2.47. The van der Waals surface area contributed by atoms with Gasteiger partial charge in [0.15, 0.2) is 0 Å². The van der Waals surface area contributed by atoms with E-state index in [1.807, 2.05) is 0 Å². The van der Waals surface area contributed by atoms with Gasteiger partial charge in [-0.1, -0.05) is 98.4 Å². The lowest BCUT2D eigenvalue weighted by atomic mass is 10.2. The summed E-state index contributed by atoms with van der Waals surface area (Å²) in [5.41, 5.74) is 6.15. The predicted molar refractivity (Wildman–Crippen MR) is 106 cm³/mol. The van der Waals surface area contributed by atoms with Crippen LogP contribution in [-0.2, 0) is 6.54 Å². The molecule has 0 amide bonds. The molecule has 1 heterocycles. The zero-order valence-corrected chi connectivity index (χ0v) is 15.7. The van der Waals surface area contributed by atoms with Crippen molar-refractivity contribution in [3.05, 3.63) is 77.9 Å². The van der Waals surface area contributed by atoms with Crippen molar-refractivity contribution in [2.24, 2.45) is 0 Å². The second kappa shape index (κ2) is 7.21. The van der Waals surface area contributed by atoms with Crippen LogP contribution in [0.5, 0.6) is 0 Å². The largest absolute Gasteiger partial charge is 0.275 e. The molecule has 2 aromatic carbocycles. The van der Waals surface area contributed by atoms with Gasteiger partial charge in [0.2, 0.25) is 0 Å². The van der Waals surface area contributed by atoms with E-state index in [1.54, 1.807) is 0 Å². The van der Waals surface area contributed by atoms with Gasteiger partial charge in [0, 0.05) is 6.54 Å². The first-order chi connectivity index (χ1) is 11.5. The Kier molecular flexibility index (Phi) is 5.04. The molecule has 1 nitrogen and oxygen atoms in total.